The number of aliphatic hydroxyl groups is 1. The zero-order chi connectivity index (χ0) is 11.3. The fourth-order valence-electron chi connectivity index (χ4n) is 1.27. The van der Waals surface area contributed by atoms with Gasteiger partial charge in [0.2, 0.25) is 0 Å². The van der Waals surface area contributed by atoms with Gasteiger partial charge in [-0.1, -0.05) is 6.07 Å². The third-order valence-corrected chi connectivity index (χ3v) is 2.88. The van der Waals surface area contributed by atoms with E-state index in [0.29, 0.717) is 0 Å². The molecule has 0 unspecified atom stereocenters. The molecule has 0 aliphatic heterocycles. The Labute approximate surface area is 91.8 Å². The Morgan fingerprint density at radius 3 is 2.73 bits per heavy atom. The lowest BCUT2D eigenvalue weighted by Gasteiger charge is -2.33. The molecule has 0 fully saturated rings. The number of hydrogen-bond acceptors (Lipinski definition) is 3. The highest BCUT2D eigenvalue weighted by Crippen LogP contribution is 2.11. The summed E-state index contributed by atoms with van der Waals surface area (Å²) in [5.41, 5.74) is 1.08. The molecule has 1 aromatic rings. The van der Waals surface area contributed by atoms with Gasteiger partial charge in [0.1, 0.15) is 0 Å². The molecule has 0 atom stereocenters. The Kier molecular flexibility index (Phi) is 4.24. The average molecular weight is 208 g/mol. The van der Waals surface area contributed by atoms with E-state index >= 15 is 0 Å². The van der Waals surface area contributed by atoms with Gasteiger partial charge in [-0.25, -0.2) is 0 Å². The fraction of sp³-hybridized carbons (Fsp3) is 0.583. The second-order valence-electron chi connectivity index (χ2n) is 4.50. The summed E-state index contributed by atoms with van der Waals surface area (Å²) < 4.78 is 0. The Balaban J connectivity index is 2.44. The maximum absolute atomic E-state index is 9.21. The van der Waals surface area contributed by atoms with Crippen molar-refractivity contribution in [3.63, 3.8) is 0 Å². The van der Waals surface area contributed by atoms with Crippen molar-refractivity contribution < 1.29 is 5.11 Å². The maximum Gasteiger partial charge on any atom is 0.0609 e. The number of rotatable bonds is 5. The van der Waals surface area contributed by atoms with Gasteiger partial charge in [0.25, 0.3) is 0 Å². The Morgan fingerprint density at radius 1 is 1.47 bits per heavy atom. The van der Waals surface area contributed by atoms with Crippen LogP contribution in [0.1, 0.15) is 19.4 Å². The van der Waals surface area contributed by atoms with E-state index < -0.39 is 0 Å². The van der Waals surface area contributed by atoms with Crippen LogP contribution in [0.4, 0.5) is 0 Å². The van der Waals surface area contributed by atoms with E-state index in [1.165, 1.54) is 5.56 Å². The first-order valence-corrected chi connectivity index (χ1v) is 5.27. The number of nitrogens with zero attached hydrogens (tertiary/aromatic N) is 2. The molecule has 1 N–H and O–H groups in total. The van der Waals surface area contributed by atoms with Crippen LogP contribution >= 0.6 is 0 Å². The first kappa shape index (κ1) is 12.1. The van der Waals surface area contributed by atoms with Gasteiger partial charge in [0.15, 0.2) is 0 Å². The molecule has 1 rings (SSSR count). The SMILES string of the molecule is CN(CCc1cccnc1)C(C)(C)CO. The molecule has 0 spiro atoms. The van der Waals surface area contributed by atoms with Gasteiger partial charge >= 0.3 is 0 Å². The molecule has 3 heteroatoms. The van der Waals surface area contributed by atoms with E-state index in [-0.39, 0.29) is 12.1 Å². The number of hydrogen-bond donors (Lipinski definition) is 1. The molecule has 0 aromatic carbocycles. The summed E-state index contributed by atoms with van der Waals surface area (Å²) in [6.45, 7) is 5.18. The summed E-state index contributed by atoms with van der Waals surface area (Å²) in [4.78, 5) is 6.24. The number of pyridine rings is 1. The maximum atomic E-state index is 9.21. The zero-order valence-electron chi connectivity index (χ0n) is 9.77. The lowest BCUT2D eigenvalue weighted by molar-refractivity contribution is 0.0800. The van der Waals surface area contributed by atoms with Crippen molar-refractivity contribution in [3.8, 4) is 0 Å². The lowest BCUT2D eigenvalue weighted by atomic mass is 10.0. The molecular formula is C12H20N2O. The van der Waals surface area contributed by atoms with Crippen molar-refractivity contribution >= 4 is 0 Å². The molecule has 0 saturated carbocycles. The van der Waals surface area contributed by atoms with Gasteiger partial charge in [-0.05, 0) is 38.9 Å². The average Bonchev–Trinajstić information content (AvgIpc) is 2.27. The highest BCUT2D eigenvalue weighted by Gasteiger charge is 2.21. The Hall–Kier alpha value is -0.930. The first-order chi connectivity index (χ1) is 7.06. The fourth-order valence-corrected chi connectivity index (χ4v) is 1.27. The van der Waals surface area contributed by atoms with Crippen molar-refractivity contribution in [2.75, 3.05) is 20.2 Å². The van der Waals surface area contributed by atoms with Crippen molar-refractivity contribution in [1.82, 2.24) is 9.88 Å². The molecule has 1 heterocycles. The number of aliphatic hydroxyl groups excluding tert-OH is 1. The zero-order valence-corrected chi connectivity index (χ0v) is 9.77. The quantitative estimate of drug-likeness (QED) is 0.793. The summed E-state index contributed by atoms with van der Waals surface area (Å²) in [6, 6.07) is 4.03. The Bertz CT molecular complexity index is 285. The minimum absolute atomic E-state index is 0.151. The molecule has 0 amide bonds. The summed E-state index contributed by atoms with van der Waals surface area (Å²) in [5, 5.41) is 9.21. The monoisotopic (exact) mass is 208 g/mol. The van der Waals surface area contributed by atoms with Gasteiger partial charge in [0.05, 0.1) is 6.61 Å². The molecule has 0 radical (unpaired) electrons. The van der Waals surface area contributed by atoms with Crippen LogP contribution in [-0.2, 0) is 6.42 Å². The van der Waals surface area contributed by atoms with Crippen molar-refractivity contribution in [2.45, 2.75) is 25.8 Å². The largest absolute Gasteiger partial charge is 0.394 e. The van der Waals surface area contributed by atoms with Crippen LogP contribution in [-0.4, -0.2) is 40.7 Å². The topological polar surface area (TPSA) is 36.4 Å². The number of likely N-dealkylation sites (N-methyl/N-ethyl adjacent to an activating group) is 1. The Morgan fingerprint density at radius 2 is 2.20 bits per heavy atom. The van der Waals surface area contributed by atoms with E-state index in [2.05, 4.69) is 16.0 Å². The van der Waals surface area contributed by atoms with Crippen molar-refractivity contribution in [1.29, 1.82) is 0 Å². The van der Waals surface area contributed by atoms with Gasteiger partial charge in [0, 0.05) is 24.5 Å². The number of aromatic nitrogens is 1. The van der Waals surface area contributed by atoms with Gasteiger partial charge < -0.3 is 5.11 Å². The van der Waals surface area contributed by atoms with Gasteiger partial charge in [-0.2, -0.15) is 0 Å². The van der Waals surface area contributed by atoms with Crippen LogP contribution in [0.25, 0.3) is 0 Å². The summed E-state index contributed by atoms with van der Waals surface area (Å²) in [6.07, 6.45) is 4.64. The van der Waals surface area contributed by atoms with Gasteiger partial charge in [-0.15, -0.1) is 0 Å². The molecule has 1 aromatic heterocycles. The standard InChI is InChI=1S/C12H20N2O/c1-12(2,10-15)14(3)8-6-11-5-4-7-13-9-11/h4-5,7,9,15H,6,8,10H2,1-3H3. The van der Waals surface area contributed by atoms with Crippen molar-refractivity contribution in [2.24, 2.45) is 0 Å². The minimum atomic E-state index is -0.151. The van der Waals surface area contributed by atoms with Crippen LogP contribution in [0.15, 0.2) is 24.5 Å². The van der Waals surface area contributed by atoms with E-state index in [0.717, 1.165) is 13.0 Å². The van der Waals surface area contributed by atoms with E-state index in [4.69, 9.17) is 0 Å². The van der Waals surface area contributed by atoms with Crippen molar-refractivity contribution in [3.05, 3.63) is 30.1 Å². The van der Waals surface area contributed by atoms with Crippen LogP contribution in [0.3, 0.4) is 0 Å². The van der Waals surface area contributed by atoms with E-state index in [1.54, 1.807) is 6.20 Å². The molecule has 0 aliphatic carbocycles. The highest BCUT2D eigenvalue weighted by atomic mass is 16.3. The normalized spacial score (nSPS) is 12.1. The second-order valence-corrected chi connectivity index (χ2v) is 4.50. The summed E-state index contributed by atoms with van der Waals surface area (Å²) in [7, 11) is 2.03. The lowest BCUT2D eigenvalue weighted by Crippen LogP contribution is -2.45. The molecule has 3 nitrogen and oxygen atoms in total. The molecule has 0 saturated heterocycles. The van der Waals surface area contributed by atoms with E-state index in [1.807, 2.05) is 33.2 Å². The summed E-state index contributed by atoms with van der Waals surface area (Å²) in [5.74, 6) is 0. The third kappa shape index (κ3) is 3.61. The minimum Gasteiger partial charge on any atom is -0.394 e. The predicted octanol–water partition coefficient (Wildman–Crippen LogP) is 1.33. The van der Waals surface area contributed by atoms with Crippen LogP contribution in [0.2, 0.25) is 0 Å². The van der Waals surface area contributed by atoms with Gasteiger partial charge in [-0.3, -0.25) is 9.88 Å². The molecule has 84 valence electrons. The molecule has 0 bridgehead atoms. The van der Waals surface area contributed by atoms with Crippen LogP contribution < -0.4 is 0 Å². The second kappa shape index (κ2) is 5.24. The predicted molar refractivity (Wildman–Crippen MR) is 61.7 cm³/mol. The molecular weight excluding hydrogens is 188 g/mol. The molecule has 0 aliphatic rings. The van der Waals surface area contributed by atoms with Crippen LogP contribution in [0, 0.1) is 0 Å². The molecule has 15 heavy (non-hydrogen) atoms. The highest BCUT2D eigenvalue weighted by molar-refractivity contribution is 5.08. The third-order valence-electron chi connectivity index (χ3n) is 2.88. The summed E-state index contributed by atoms with van der Waals surface area (Å²) >= 11 is 0. The van der Waals surface area contributed by atoms with Crippen LogP contribution in [0.5, 0.6) is 0 Å². The smallest absolute Gasteiger partial charge is 0.0609 e. The first-order valence-electron chi connectivity index (χ1n) is 5.27. The van der Waals surface area contributed by atoms with E-state index in [9.17, 15) is 5.11 Å².